The first kappa shape index (κ1) is 25.9. The van der Waals surface area contributed by atoms with Crippen molar-refractivity contribution in [1.29, 1.82) is 0 Å². The van der Waals surface area contributed by atoms with Crippen molar-refractivity contribution < 1.29 is 27.4 Å². The van der Waals surface area contributed by atoms with E-state index >= 15 is 8.78 Å². The Labute approximate surface area is 215 Å². The second-order valence-corrected chi connectivity index (χ2v) is 9.97. The van der Waals surface area contributed by atoms with E-state index in [0.717, 1.165) is 22.2 Å². The van der Waals surface area contributed by atoms with Crippen molar-refractivity contribution in [2.24, 2.45) is 0 Å². The van der Waals surface area contributed by atoms with Crippen LogP contribution in [0.1, 0.15) is 36.2 Å². The Morgan fingerprint density at radius 3 is 2.68 bits per heavy atom. The third-order valence-electron chi connectivity index (χ3n) is 7.33. The lowest BCUT2D eigenvalue weighted by molar-refractivity contribution is -0.148. The molecule has 2 atom stereocenters. The Morgan fingerprint density at radius 2 is 1.95 bits per heavy atom. The van der Waals surface area contributed by atoms with Gasteiger partial charge in [-0.2, -0.15) is 0 Å². The number of hydrogen-bond donors (Lipinski definition) is 2. The van der Waals surface area contributed by atoms with E-state index in [9.17, 15) is 4.39 Å². The summed E-state index contributed by atoms with van der Waals surface area (Å²) in [4.78, 5) is 5.53. The van der Waals surface area contributed by atoms with Crippen LogP contribution >= 0.6 is 0 Å². The van der Waals surface area contributed by atoms with Crippen molar-refractivity contribution in [2.75, 3.05) is 53.2 Å². The van der Waals surface area contributed by atoms with Crippen LogP contribution in [0.3, 0.4) is 0 Å². The molecular formula is C28H34F3N3O3. The summed E-state index contributed by atoms with van der Waals surface area (Å²) in [6.45, 7) is 3.05. The average molecular weight is 518 g/mol. The van der Waals surface area contributed by atoms with E-state index in [4.69, 9.17) is 14.2 Å². The molecule has 200 valence electrons. The van der Waals surface area contributed by atoms with Gasteiger partial charge in [0.15, 0.2) is 17.2 Å². The molecule has 37 heavy (non-hydrogen) atoms. The molecule has 0 bridgehead atoms. The van der Waals surface area contributed by atoms with E-state index in [-0.39, 0.29) is 44.8 Å². The summed E-state index contributed by atoms with van der Waals surface area (Å²) in [5.41, 5.74) is 1.73. The normalized spacial score (nSPS) is 21.0. The number of para-hydroxylation sites is 1. The second-order valence-electron chi connectivity index (χ2n) is 9.97. The molecule has 1 aromatic heterocycles. The number of rotatable bonds is 11. The number of nitrogens with one attached hydrogen (secondary N) is 2. The number of ether oxygens (including phenoxy) is 3. The van der Waals surface area contributed by atoms with Crippen LogP contribution in [0, 0.1) is 5.82 Å². The molecule has 0 spiro atoms. The lowest BCUT2D eigenvalue weighted by atomic mass is 9.86. The smallest absolute Gasteiger partial charge is 0.173 e. The Balaban J connectivity index is 1.55. The number of fused-ring (bicyclic) bond motifs is 3. The summed E-state index contributed by atoms with van der Waals surface area (Å²) in [5, 5.41) is 4.16. The zero-order valence-electron chi connectivity index (χ0n) is 21.3. The van der Waals surface area contributed by atoms with Gasteiger partial charge in [-0.15, -0.1) is 0 Å². The van der Waals surface area contributed by atoms with Crippen molar-refractivity contribution >= 4 is 10.9 Å². The van der Waals surface area contributed by atoms with Crippen LogP contribution in [0.15, 0.2) is 36.4 Å². The highest BCUT2D eigenvalue weighted by Gasteiger charge is 2.47. The first-order valence-electron chi connectivity index (χ1n) is 12.8. The Kier molecular flexibility index (Phi) is 7.65. The van der Waals surface area contributed by atoms with E-state index in [2.05, 4.69) is 23.3 Å². The van der Waals surface area contributed by atoms with Crippen LogP contribution in [0.2, 0.25) is 0 Å². The molecule has 2 aliphatic rings. The molecule has 2 aliphatic heterocycles. The van der Waals surface area contributed by atoms with Gasteiger partial charge < -0.3 is 24.5 Å². The van der Waals surface area contributed by atoms with E-state index < -0.39 is 17.5 Å². The van der Waals surface area contributed by atoms with Crippen molar-refractivity contribution in [3.05, 3.63) is 59.0 Å². The Bertz CT molecular complexity index is 1230. The number of H-pyrrole nitrogens is 1. The first-order valence-corrected chi connectivity index (χ1v) is 12.8. The van der Waals surface area contributed by atoms with Crippen molar-refractivity contribution in [3.8, 4) is 11.5 Å². The number of nitrogens with zero attached hydrogens (tertiary/aromatic N) is 1. The predicted octanol–water partition coefficient (Wildman–Crippen LogP) is 4.72. The SMILES string of the molecule is COc1ccc(OCCNCCCF)c(F)c1C1c2[nH]c3ccccc3c2C[C@@H](C)N1CC1(F)COC1. The number of benzene rings is 2. The van der Waals surface area contributed by atoms with Gasteiger partial charge in [0.2, 0.25) is 0 Å². The third kappa shape index (κ3) is 5.04. The minimum atomic E-state index is -1.49. The molecule has 2 aromatic carbocycles. The predicted molar refractivity (Wildman–Crippen MR) is 137 cm³/mol. The molecule has 0 amide bonds. The summed E-state index contributed by atoms with van der Waals surface area (Å²) in [7, 11) is 1.51. The zero-order valence-corrected chi connectivity index (χ0v) is 21.3. The van der Waals surface area contributed by atoms with Crippen LogP contribution < -0.4 is 14.8 Å². The minimum absolute atomic E-state index is 0.0284. The molecule has 2 N–H and O–H groups in total. The van der Waals surface area contributed by atoms with E-state index in [1.54, 1.807) is 12.1 Å². The van der Waals surface area contributed by atoms with Gasteiger partial charge in [0.1, 0.15) is 12.4 Å². The van der Waals surface area contributed by atoms with E-state index in [1.807, 2.05) is 23.1 Å². The van der Waals surface area contributed by atoms with Crippen molar-refractivity contribution in [2.45, 2.75) is 37.5 Å². The molecular weight excluding hydrogens is 483 g/mol. The molecule has 0 radical (unpaired) electrons. The fourth-order valence-corrected chi connectivity index (χ4v) is 5.46. The summed E-state index contributed by atoms with van der Waals surface area (Å²) in [6.07, 6.45) is 1.13. The number of alkyl halides is 2. The molecule has 0 saturated carbocycles. The molecule has 3 aromatic rings. The lowest BCUT2D eigenvalue weighted by Gasteiger charge is -2.46. The van der Waals surface area contributed by atoms with Gasteiger partial charge in [-0.25, -0.2) is 8.78 Å². The van der Waals surface area contributed by atoms with Crippen molar-refractivity contribution in [1.82, 2.24) is 15.2 Å². The highest BCUT2D eigenvalue weighted by molar-refractivity contribution is 5.85. The monoisotopic (exact) mass is 517 g/mol. The molecule has 1 fully saturated rings. The summed E-state index contributed by atoms with van der Waals surface area (Å²) < 4.78 is 60.6. The van der Waals surface area contributed by atoms with Gasteiger partial charge in [-0.05, 0) is 50.1 Å². The fraction of sp³-hybridized carbons (Fsp3) is 0.500. The highest BCUT2D eigenvalue weighted by atomic mass is 19.1. The highest BCUT2D eigenvalue weighted by Crippen LogP contribution is 2.47. The van der Waals surface area contributed by atoms with E-state index in [0.29, 0.717) is 37.2 Å². The van der Waals surface area contributed by atoms with Gasteiger partial charge in [0.05, 0.1) is 38.6 Å². The van der Waals surface area contributed by atoms with Gasteiger partial charge in [-0.3, -0.25) is 9.29 Å². The molecule has 1 unspecified atom stereocenters. The largest absolute Gasteiger partial charge is 0.496 e. The summed E-state index contributed by atoms with van der Waals surface area (Å²) >= 11 is 0. The molecule has 9 heteroatoms. The Morgan fingerprint density at radius 1 is 1.16 bits per heavy atom. The molecule has 6 nitrogen and oxygen atoms in total. The quantitative estimate of drug-likeness (QED) is 0.361. The summed E-state index contributed by atoms with van der Waals surface area (Å²) in [5.74, 6) is -0.0622. The first-order chi connectivity index (χ1) is 18.0. The Hall–Kier alpha value is -2.75. The van der Waals surface area contributed by atoms with Crippen molar-refractivity contribution in [3.63, 3.8) is 0 Å². The topological polar surface area (TPSA) is 58.8 Å². The number of aromatic nitrogens is 1. The van der Waals surface area contributed by atoms with Crippen LogP contribution in [-0.4, -0.2) is 74.8 Å². The second kappa shape index (κ2) is 10.9. The van der Waals surface area contributed by atoms with E-state index in [1.165, 1.54) is 7.11 Å². The van der Waals surface area contributed by atoms with Crippen LogP contribution in [0.4, 0.5) is 13.2 Å². The third-order valence-corrected chi connectivity index (χ3v) is 7.33. The maximum atomic E-state index is 16.3. The number of hydrogen-bond acceptors (Lipinski definition) is 5. The van der Waals surface area contributed by atoms with Gasteiger partial charge in [-0.1, -0.05) is 18.2 Å². The summed E-state index contributed by atoms with van der Waals surface area (Å²) in [6, 6.07) is 10.6. The number of methoxy groups -OCH3 is 1. The van der Waals surface area contributed by atoms with Gasteiger partial charge in [0.25, 0.3) is 0 Å². The van der Waals surface area contributed by atoms with Crippen LogP contribution in [0.5, 0.6) is 11.5 Å². The van der Waals surface area contributed by atoms with Crippen LogP contribution in [0.25, 0.3) is 10.9 Å². The fourth-order valence-electron chi connectivity index (χ4n) is 5.46. The maximum Gasteiger partial charge on any atom is 0.173 e. The average Bonchev–Trinajstić information content (AvgIpc) is 3.24. The zero-order chi connectivity index (χ0) is 26.0. The molecule has 0 aliphatic carbocycles. The minimum Gasteiger partial charge on any atom is -0.496 e. The molecule has 5 rings (SSSR count). The lowest BCUT2D eigenvalue weighted by Crippen LogP contribution is -2.57. The standard InChI is InChI=1S/C28H34F3N3O3/c1-18-14-20-19-6-3-4-7-21(19)33-26(20)27(34(18)15-28(31)16-36-17-28)24-22(35-2)8-9-23(25(24)30)37-13-12-32-11-5-10-29/h3-4,6-9,18,27,32-33H,5,10-17H2,1-2H3/t18-,27?/m1/s1. The van der Waals surface area contributed by atoms with Crippen LogP contribution in [-0.2, 0) is 11.2 Å². The van der Waals surface area contributed by atoms with Gasteiger partial charge >= 0.3 is 0 Å². The molecule has 3 heterocycles. The number of halogens is 3. The maximum absolute atomic E-state index is 16.3. The van der Waals surface area contributed by atoms with Gasteiger partial charge in [0, 0.05) is 35.7 Å². The number of aromatic amines is 1. The molecule has 1 saturated heterocycles.